The van der Waals surface area contributed by atoms with Crippen LogP contribution in [0, 0.1) is 11.8 Å². The highest BCUT2D eigenvalue weighted by Gasteiger charge is 2.19. The van der Waals surface area contributed by atoms with E-state index in [2.05, 4.69) is 33.4 Å². The minimum Gasteiger partial charge on any atom is -0.0998 e. The Morgan fingerprint density at radius 3 is 2.73 bits per heavy atom. The Hall–Kier alpha value is -0.520. The van der Waals surface area contributed by atoms with Crippen LogP contribution in [0.1, 0.15) is 33.6 Å². The zero-order chi connectivity index (χ0) is 8.43. The molecule has 1 aliphatic rings. The van der Waals surface area contributed by atoms with E-state index in [9.17, 15) is 0 Å². The molecule has 0 aliphatic heterocycles. The zero-order valence-electron chi connectivity index (χ0n) is 7.85. The molecule has 0 aromatic carbocycles. The first kappa shape index (κ1) is 8.58. The summed E-state index contributed by atoms with van der Waals surface area (Å²) in [4.78, 5) is 0. The average molecular weight is 150 g/mol. The summed E-state index contributed by atoms with van der Waals surface area (Å²) in [5.74, 6) is 1.44. The first-order chi connectivity index (χ1) is 5.11. The Kier molecular flexibility index (Phi) is 2.53. The van der Waals surface area contributed by atoms with Crippen molar-refractivity contribution < 1.29 is 0 Å². The summed E-state index contributed by atoms with van der Waals surface area (Å²) < 4.78 is 0. The maximum absolute atomic E-state index is 4.02. The van der Waals surface area contributed by atoms with Crippen LogP contribution < -0.4 is 0 Å². The summed E-state index contributed by atoms with van der Waals surface area (Å²) in [6.07, 6.45) is 4.96. The van der Waals surface area contributed by atoms with Gasteiger partial charge in [-0.25, -0.2) is 0 Å². The molecule has 0 saturated heterocycles. The van der Waals surface area contributed by atoms with E-state index in [-0.39, 0.29) is 0 Å². The third-order valence-corrected chi connectivity index (χ3v) is 2.66. The van der Waals surface area contributed by atoms with Gasteiger partial charge in [0.1, 0.15) is 0 Å². The Morgan fingerprint density at radius 2 is 2.27 bits per heavy atom. The second-order valence-electron chi connectivity index (χ2n) is 3.86. The summed E-state index contributed by atoms with van der Waals surface area (Å²) in [5.41, 5.74) is 2.90. The minimum atomic E-state index is 0.709. The van der Waals surface area contributed by atoms with Crippen molar-refractivity contribution in [1.82, 2.24) is 0 Å². The van der Waals surface area contributed by atoms with E-state index in [1.54, 1.807) is 5.57 Å². The Morgan fingerprint density at radius 1 is 1.64 bits per heavy atom. The van der Waals surface area contributed by atoms with E-state index in [0.29, 0.717) is 5.92 Å². The van der Waals surface area contributed by atoms with E-state index in [4.69, 9.17) is 0 Å². The highest BCUT2D eigenvalue weighted by molar-refractivity contribution is 5.12. The molecule has 11 heavy (non-hydrogen) atoms. The molecular weight excluding hydrogens is 132 g/mol. The van der Waals surface area contributed by atoms with Gasteiger partial charge in [-0.1, -0.05) is 30.7 Å². The lowest BCUT2D eigenvalue weighted by atomic mass is 9.79. The van der Waals surface area contributed by atoms with Crippen LogP contribution in [0.15, 0.2) is 23.8 Å². The molecule has 0 radical (unpaired) electrons. The van der Waals surface area contributed by atoms with Crippen LogP contribution in [-0.4, -0.2) is 0 Å². The van der Waals surface area contributed by atoms with Gasteiger partial charge >= 0.3 is 0 Å². The molecule has 0 spiro atoms. The molecule has 2 atom stereocenters. The smallest absolute Gasteiger partial charge is 0.0145 e. The van der Waals surface area contributed by atoms with Crippen molar-refractivity contribution in [3.8, 4) is 0 Å². The summed E-state index contributed by atoms with van der Waals surface area (Å²) in [6.45, 7) is 10.7. The molecule has 0 heterocycles. The number of hydrogen-bond donors (Lipinski definition) is 0. The lowest BCUT2D eigenvalue weighted by molar-refractivity contribution is 0.428. The van der Waals surface area contributed by atoms with Crippen LogP contribution in [0.2, 0.25) is 0 Å². The number of hydrogen-bond acceptors (Lipinski definition) is 0. The molecule has 0 amide bonds. The highest BCUT2D eigenvalue weighted by Crippen LogP contribution is 2.32. The SMILES string of the molecule is C=C(C)[C@@H]1CCC(C)=CC1C. The van der Waals surface area contributed by atoms with Crippen LogP contribution in [-0.2, 0) is 0 Å². The Bertz CT molecular complexity index is 186. The maximum atomic E-state index is 4.02. The van der Waals surface area contributed by atoms with Crippen molar-refractivity contribution >= 4 is 0 Å². The van der Waals surface area contributed by atoms with Crippen LogP contribution in [0.5, 0.6) is 0 Å². The van der Waals surface area contributed by atoms with E-state index in [1.165, 1.54) is 18.4 Å². The van der Waals surface area contributed by atoms with Gasteiger partial charge in [-0.2, -0.15) is 0 Å². The van der Waals surface area contributed by atoms with Gasteiger partial charge in [-0.3, -0.25) is 0 Å². The maximum Gasteiger partial charge on any atom is -0.0145 e. The molecule has 0 fully saturated rings. The summed E-state index contributed by atoms with van der Waals surface area (Å²) in [5, 5.41) is 0. The van der Waals surface area contributed by atoms with Crippen molar-refractivity contribution in [3.05, 3.63) is 23.8 Å². The lowest BCUT2D eigenvalue weighted by Crippen LogP contribution is -2.15. The first-order valence-corrected chi connectivity index (χ1v) is 4.44. The predicted molar refractivity (Wildman–Crippen MR) is 50.5 cm³/mol. The number of rotatable bonds is 1. The van der Waals surface area contributed by atoms with E-state index < -0.39 is 0 Å². The third kappa shape index (κ3) is 1.95. The largest absolute Gasteiger partial charge is 0.0998 e. The minimum absolute atomic E-state index is 0.709. The normalized spacial score (nSPS) is 31.4. The van der Waals surface area contributed by atoms with Crippen molar-refractivity contribution in [3.63, 3.8) is 0 Å². The van der Waals surface area contributed by atoms with Gasteiger partial charge in [0.05, 0.1) is 0 Å². The average Bonchev–Trinajstić information content (AvgIpc) is 1.85. The molecule has 1 unspecified atom stereocenters. The molecule has 0 bridgehead atoms. The van der Waals surface area contributed by atoms with Gasteiger partial charge in [0.25, 0.3) is 0 Å². The third-order valence-electron chi connectivity index (χ3n) is 2.66. The molecule has 0 heteroatoms. The summed E-state index contributed by atoms with van der Waals surface area (Å²) in [6, 6.07) is 0. The molecule has 1 rings (SSSR count). The first-order valence-electron chi connectivity index (χ1n) is 4.44. The molecule has 0 N–H and O–H groups in total. The Labute approximate surface area is 70.0 Å². The van der Waals surface area contributed by atoms with Crippen LogP contribution in [0.4, 0.5) is 0 Å². The van der Waals surface area contributed by atoms with E-state index in [1.807, 2.05) is 0 Å². The molecule has 0 aromatic rings. The molecular formula is C11H18. The molecule has 62 valence electrons. The fraction of sp³-hybridized carbons (Fsp3) is 0.636. The molecule has 0 aromatic heterocycles. The van der Waals surface area contributed by atoms with Crippen molar-refractivity contribution in [1.29, 1.82) is 0 Å². The van der Waals surface area contributed by atoms with Gasteiger partial charge in [-0.05, 0) is 38.5 Å². The van der Waals surface area contributed by atoms with Crippen molar-refractivity contribution in [2.24, 2.45) is 11.8 Å². The van der Waals surface area contributed by atoms with Crippen molar-refractivity contribution in [2.75, 3.05) is 0 Å². The van der Waals surface area contributed by atoms with Crippen LogP contribution >= 0.6 is 0 Å². The van der Waals surface area contributed by atoms with E-state index in [0.717, 1.165) is 5.92 Å². The topological polar surface area (TPSA) is 0 Å². The lowest BCUT2D eigenvalue weighted by Gasteiger charge is -2.27. The quantitative estimate of drug-likeness (QED) is 0.501. The van der Waals surface area contributed by atoms with Gasteiger partial charge in [0.2, 0.25) is 0 Å². The second kappa shape index (κ2) is 3.25. The molecule has 0 nitrogen and oxygen atoms in total. The van der Waals surface area contributed by atoms with Gasteiger partial charge in [0, 0.05) is 0 Å². The highest BCUT2D eigenvalue weighted by atomic mass is 14.2. The predicted octanol–water partition coefficient (Wildman–Crippen LogP) is 3.55. The van der Waals surface area contributed by atoms with Gasteiger partial charge in [0.15, 0.2) is 0 Å². The van der Waals surface area contributed by atoms with Crippen LogP contribution in [0.25, 0.3) is 0 Å². The monoisotopic (exact) mass is 150 g/mol. The Balaban J connectivity index is 2.68. The summed E-state index contributed by atoms with van der Waals surface area (Å²) >= 11 is 0. The van der Waals surface area contributed by atoms with Gasteiger partial charge in [-0.15, -0.1) is 0 Å². The summed E-state index contributed by atoms with van der Waals surface area (Å²) in [7, 11) is 0. The fourth-order valence-corrected chi connectivity index (χ4v) is 1.99. The fourth-order valence-electron chi connectivity index (χ4n) is 1.99. The molecule has 1 aliphatic carbocycles. The van der Waals surface area contributed by atoms with Crippen molar-refractivity contribution in [2.45, 2.75) is 33.6 Å². The standard InChI is InChI=1S/C11H18/c1-8(2)11-6-5-9(3)7-10(11)4/h7,10-11H,1,5-6H2,2-4H3/t10?,11-/m0/s1. The van der Waals surface area contributed by atoms with Crippen LogP contribution in [0.3, 0.4) is 0 Å². The van der Waals surface area contributed by atoms with E-state index >= 15 is 0 Å². The second-order valence-corrected chi connectivity index (χ2v) is 3.86. The molecule has 0 saturated carbocycles. The van der Waals surface area contributed by atoms with Gasteiger partial charge < -0.3 is 0 Å². The zero-order valence-corrected chi connectivity index (χ0v) is 7.85. The number of allylic oxidation sites excluding steroid dienone is 3.